The lowest BCUT2D eigenvalue weighted by Crippen LogP contribution is -2.48. The summed E-state index contributed by atoms with van der Waals surface area (Å²) in [5, 5.41) is 3.11. The van der Waals surface area contributed by atoms with Gasteiger partial charge >= 0.3 is 0 Å². The van der Waals surface area contributed by atoms with E-state index in [-0.39, 0.29) is 17.4 Å². The van der Waals surface area contributed by atoms with E-state index >= 15 is 0 Å². The van der Waals surface area contributed by atoms with Crippen LogP contribution < -0.4 is 11.1 Å². The first kappa shape index (κ1) is 13.5. The van der Waals surface area contributed by atoms with Crippen molar-refractivity contribution in [2.75, 3.05) is 0 Å². The molecule has 0 aromatic heterocycles. The summed E-state index contributed by atoms with van der Waals surface area (Å²) >= 11 is 0. The van der Waals surface area contributed by atoms with Crippen LogP contribution in [0.15, 0.2) is 0 Å². The van der Waals surface area contributed by atoms with Crippen LogP contribution in [0.25, 0.3) is 0 Å². The average Bonchev–Trinajstić information content (AvgIpc) is 2.54. The van der Waals surface area contributed by atoms with Gasteiger partial charge in [0.15, 0.2) is 0 Å². The molecule has 0 aromatic rings. The van der Waals surface area contributed by atoms with E-state index in [4.69, 9.17) is 5.73 Å². The molecule has 2 atom stereocenters. The number of rotatable bonds is 5. The van der Waals surface area contributed by atoms with E-state index in [0.29, 0.717) is 6.04 Å². The molecule has 1 amide bonds. The zero-order valence-electron chi connectivity index (χ0n) is 10.9. The Morgan fingerprint density at radius 1 is 1.56 bits per heavy atom. The van der Waals surface area contributed by atoms with Crippen LogP contribution in [0.2, 0.25) is 0 Å². The Morgan fingerprint density at radius 3 is 2.75 bits per heavy atom. The molecule has 1 saturated carbocycles. The highest BCUT2D eigenvalue weighted by atomic mass is 16.2. The van der Waals surface area contributed by atoms with Gasteiger partial charge in [-0.2, -0.15) is 0 Å². The fourth-order valence-corrected chi connectivity index (χ4v) is 2.43. The molecule has 0 radical (unpaired) electrons. The Bertz CT molecular complexity index is 238. The van der Waals surface area contributed by atoms with Crippen molar-refractivity contribution in [2.24, 2.45) is 11.1 Å². The largest absolute Gasteiger partial charge is 0.351 e. The SMILES string of the molecule is CCCC[C@H](N)C(=O)NC1CCCC1(C)C. The third-order valence-electron chi connectivity index (χ3n) is 3.78. The summed E-state index contributed by atoms with van der Waals surface area (Å²) in [7, 11) is 0. The maximum Gasteiger partial charge on any atom is 0.237 e. The topological polar surface area (TPSA) is 55.1 Å². The summed E-state index contributed by atoms with van der Waals surface area (Å²) in [4.78, 5) is 11.9. The Labute approximate surface area is 99.2 Å². The summed E-state index contributed by atoms with van der Waals surface area (Å²) in [6, 6.07) is -0.0102. The van der Waals surface area contributed by atoms with Crippen LogP contribution in [0.4, 0.5) is 0 Å². The highest BCUT2D eigenvalue weighted by Crippen LogP contribution is 2.37. The first-order valence-electron chi connectivity index (χ1n) is 6.53. The maximum atomic E-state index is 11.9. The van der Waals surface area contributed by atoms with Crippen molar-refractivity contribution in [3.8, 4) is 0 Å². The standard InChI is InChI=1S/C13H26N2O/c1-4-5-7-10(14)12(16)15-11-8-6-9-13(11,2)3/h10-11H,4-9,14H2,1-3H3,(H,15,16)/t10-,11?/m0/s1. The van der Waals surface area contributed by atoms with Gasteiger partial charge in [0.25, 0.3) is 0 Å². The smallest absolute Gasteiger partial charge is 0.237 e. The van der Waals surface area contributed by atoms with Crippen molar-refractivity contribution in [1.29, 1.82) is 0 Å². The normalized spacial score (nSPS) is 25.4. The number of carbonyl (C=O) groups excluding carboxylic acids is 1. The van der Waals surface area contributed by atoms with Crippen molar-refractivity contribution in [1.82, 2.24) is 5.32 Å². The molecule has 0 saturated heterocycles. The number of nitrogens with one attached hydrogen (secondary N) is 1. The first-order chi connectivity index (χ1) is 7.47. The van der Waals surface area contributed by atoms with Crippen LogP contribution in [-0.4, -0.2) is 18.0 Å². The molecule has 1 aliphatic carbocycles. The number of nitrogens with two attached hydrogens (primary N) is 1. The Kier molecular flexibility index (Phi) is 4.78. The van der Waals surface area contributed by atoms with Crippen molar-refractivity contribution < 1.29 is 4.79 Å². The van der Waals surface area contributed by atoms with E-state index in [0.717, 1.165) is 25.7 Å². The molecule has 3 nitrogen and oxygen atoms in total. The van der Waals surface area contributed by atoms with Crippen LogP contribution in [0, 0.1) is 5.41 Å². The van der Waals surface area contributed by atoms with Gasteiger partial charge in [0, 0.05) is 6.04 Å². The van der Waals surface area contributed by atoms with E-state index in [1.54, 1.807) is 0 Å². The molecule has 3 heteroatoms. The molecule has 1 rings (SSSR count). The Hall–Kier alpha value is -0.570. The van der Waals surface area contributed by atoms with Gasteiger partial charge in [-0.1, -0.05) is 40.0 Å². The predicted octanol–water partition coefficient (Wildman–Crippen LogP) is 2.20. The van der Waals surface area contributed by atoms with Gasteiger partial charge in [-0.05, 0) is 24.7 Å². The highest BCUT2D eigenvalue weighted by molar-refractivity contribution is 5.81. The minimum Gasteiger partial charge on any atom is -0.351 e. The van der Waals surface area contributed by atoms with Gasteiger partial charge in [-0.3, -0.25) is 4.79 Å². The molecular formula is C13H26N2O. The summed E-state index contributed by atoms with van der Waals surface area (Å²) < 4.78 is 0. The van der Waals surface area contributed by atoms with Gasteiger partial charge in [-0.25, -0.2) is 0 Å². The molecule has 94 valence electrons. The zero-order chi connectivity index (χ0) is 12.2. The Morgan fingerprint density at radius 2 is 2.25 bits per heavy atom. The summed E-state index contributed by atoms with van der Waals surface area (Å²) in [6.45, 7) is 6.57. The van der Waals surface area contributed by atoms with Gasteiger partial charge in [0.2, 0.25) is 5.91 Å². The van der Waals surface area contributed by atoms with Gasteiger partial charge in [0.1, 0.15) is 0 Å². The highest BCUT2D eigenvalue weighted by Gasteiger charge is 2.35. The quantitative estimate of drug-likeness (QED) is 0.755. The first-order valence-corrected chi connectivity index (χ1v) is 6.53. The summed E-state index contributed by atoms with van der Waals surface area (Å²) in [5.74, 6) is 0.0356. The second-order valence-corrected chi connectivity index (χ2v) is 5.69. The number of hydrogen-bond donors (Lipinski definition) is 2. The fourth-order valence-electron chi connectivity index (χ4n) is 2.43. The van der Waals surface area contributed by atoms with Crippen molar-refractivity contribution in [3.05, 3.63) is 0 Å². The van der Waals surface area contributed by atoms with Crippen molar-refractivity contribution in [3.63, 3.8) is 0 Å². The van der Waals surface area contributed by atoms with Crippen LogP contribution >= 0.6 is 0 Å². The Balaban J connectivity index is 2.39. The van der Waals surface area contributed by atoms with E-state index in [1.165, 1.54) is 12.8 Å². The van der Waals surface area contributed by atoms with Crippen LogP contribution in [0.3, 0.4) is 0 Å². The lowest BCUT2D eigenvalue weighted by Gasteiger charge is -2.28. The monoisotopic (exact) mass is 226 g/mol. The zero-order valence-corrected chi connectivity index (χ0v) is 10.9. The van der Waals surface area contributed by atoms with Crippen LogP contribution in [0.1, 0.15) is 59.3 Å². The van der Waals surface area contributed by atoms with E-state index in [2.05, 4.69) is 26.1 Å². The van der Waals surface area contributed by atoms with Crippen LogP contribution in [0.5, 0.6) is 0 Å². The molecule has 0 spiro atoms. The lowest BCUT2D eigenvalue weighted by atomic mass is 9.87. The molecule has 1 unspecified atom stereocenters. The van der Waals surface area contributed by atoms with Crippen LogP contribution in [-0.2, 0) is 4.79 Å². The van der Waals surface area contributed by atoms with E-state index in [9.17, 15) is 4.79 Å². The molecule has 0 heterocycles. The fraction of sp³-hybridized carbons (Fsp3) is 0.923. The molecular weight excluding hydrogens is 200 g/mol. The van der Waals surface area contributed by atoms with E-state index < -0.39 is 0 Å². The molecule has 0 bridgehead atoms. The molecule has 16 heavy (non-hydrogen) atoms. The molecule has 0 aliphatic heterocycles. The summed E-state index contributed by atoms with van der Waals surface area (Å²) in [6.07, 6.45) is 6.43. The molecule has 1 fully saturated rings. The maximum absolute atomic E-state index is 11.9. The molecule has 3 N–H and O–H groups in total. The van der Waals surface area contributed by atoms with Crippen molar-refractivity contribution >= 4 is 5.91 Å². The van der Waals surface area contributed by atoms with Gasteiger partial charge < -0.3 is 11.1 Å². The minimum absolute atomic E-state index is 0.0356. The van der Waals surface area contributed by atoms with Crippen molar-refractivity contribution in [2.45, 2.75) is 71.4 Å². The van der Waals surface area contributed by atoms with Gasteiger partial charge in [0.05, 0.1) is 6.04 Å². The molecule has 0 aromatic carbocycles. The summed E-state index contributed by atoms with van der Waals surface area (Å²) in [5.41, 5.74) is 6.09. The number of unbranched alkanes of at least 4 members (excludes halogenated alkanes) is 1. The number of carbonyl (C=O) groups is 1. The number of hydrogen-bond acceptors (Lipinski definition) is 2. The second-order valence-electron chi connectivity index (χ2n) is 5.69. The number of amides is 1. The average molecular weight is 226 g/mol. The van der Waals surface area contributed by atoms with Gasteiger partial charge in [-0.15, -0.1) is 0 Å². The van der Waals surface area contributed by atoms with E-state index in [1.807, 2.05) is 0 Å². The lowest BCUT2D eigenvalue weighted by molar-refractivity contribution is -0.123. The minimum atomic E-state index is -0.323. The third-order valence-corrected chi connectivity index (χ3v) is 3.78. The predicted molar refractivity (Wildman–Crippen MR) is 67.1 cm³/mol. The third kappa shape index (κ3) is 3.48. The molecule has 1 aliphatic rings. The second kappa shape index (κ2) is 5.67.